The van der Waals surface area contributed by atoms with Gasteiger partial charge in [-0.1, -0.05) is 5.10 Å². The molecule has 24 heavy (non-hydrogen) atoms. The Morgan fingerprint density at radius 3 is 2.75 bits per heavy atom. The molecule has 1 aliphatic rings. The lowest BCUT2D eigenvalue weighted by molar-refractivity contribution is -0.175. The molecule has 1 aromatic heterocycles. The van der Waals surface area contributed by atoms with Crippen LogP contribution in [0.4, 0.5) is 18.0 Å². The second kappa shape index (κ2) is 8.15. The van der Waals surface area contributed by atoms with Gasteiger partial charge < -0.3 is 29.1 Å². The van der Waals surface area contributed by atoms with Crippen LogP contribution in [-0.2, 0) is 9.47 Å². The van der Waals surface area contributed by atoms with Crippen molar-refractivity contribution in [3.05, 3.63) is 5.89 Å². The zero-order valence-electron chi connectivity index (χ0n) is 12.4. The number of hydrogen-bond acceptors (Lipinski definition) is 7. The van der Waals surface area contributed by atoms with E-state index in [1.165, 1.54) is 0 Å². The van der Waals surface area contributed by atoms with Gasteiger partial charge in [0.2, 0.25) is 5.89 Å². The fourth-order valence-corrected chi connectivity index (χ4v) is 2.02. The second-order valence-electron chi connectivity index (χ2n) is 4.97. The molecule has 9 nitrogen and oxygen atoms in total. The van der Waals surface area contributed by atoms with Gasteiger partial charge in [-0.25, -0.2) is 4.79 Å². The molecule has 1 amide bonds. The minimum Gasteiger partial charge on any atom is -0.465 e. The van der Waals surface area contributed by atoms with E-state index in [2.05, 4.69) is 20.3 Å². The first-order chi connectivity index (χ1) is 11.3. The van der Waals surface area contributed by atoms with Crippen molar-refractivity contribution in [3.63, 3.8) is 0 Å². The summed E-state index contributed by atoms with van der Waals surface area (Å²) in [5.74, 6) is 0.162. The number of carboxylic acid groups (broad SMARTS) is 1. The summed E-state index contributed by atoms with van der Waals surface area (Å²) in [7, 11) is 0. The monoisotopic (exact) mass is 355 g/mol. The Labute approximate surface area is 134 Å². The average molecular weight is 355 g/mol. The van der Waals surface area contributed by atoms with E-state index in [1.807, 2.05) is 0 Å². The number of alkyl halides is 3. The third kappa shape index (κ3) is 6.20. The smallest absolute Gasteiger partial charge is 0.414 e. The molecule has 0 aliphatic carbocycles. The van der Waals surface area contributed by atoms with Gasteiger partial charge in [0.1, 0.15) is 19.3 Å². The van der Waals surface area contributed by atoms with Crippen molar-refractivity contribution >= 4 is 6.09 Å². The predicted octanol–water partition coefficient (Wildman–Crippen LogP) is 1.51. The number of amides is 1. The third-order valence-corrected chi connectivity index (χ3v) is 3.02. The van der Waals surface area contributed by atoms with Crippen molar-refractivity contribution in [2.45, 2.75) is 31.2 Å². The molecule has 2 heterocycles. The van der Waals surface area contributed by atoms with Crippen LogP contribution in [0.3, 0.4) is 0 Å². The summed E-state index contributed by atoms with van der Waals surface area (Å²) in [6.45, 7) is -1.64. The van der Waals surface area contributed by atoms with Crippen LogP contribution in [0.5, 0.6) is 6.08 Å². The highest BCUT2D eigenvalue weighted by Gasteiger charge is 2.28. The summed E-state index contributed by atoms with van der Waals surface area (Å²) in [6.07, 6.45) is -5.17. The number of halogens is 3. The Balaban J connectivity index is 1.69. The van der Waals surface area contributed by atoms with E-state index in [0.717, 1.165) is 0 Å². The highest BCUT2D eigenvalue weighted by molar-refractivity contribution is 5.64. The van der Waals surface area contributed by atoms with Crippen LogP contribution in [-0.4, -0.2) is 60.0 Å². The van der Waals surface area contributed by atoms with Crippen LogP contribution in [0.25, 0.3) is 0 Å². The lowest BCUT2D eigenvalue weighted by Crippen LogP contribution is -2.40. The number of rotatable bonds is 7. The van der Waals surface area contributed by atoms with Crippen molar-refractivity contribution in [2.75, 3.05) is 26.4 Å². The molecule has 0 radical (unpaired) electrons. The maximum atomic E-state index is 11.9. The maximum Gasteiger partial charge on any atom is 0.414 e. The number of carbonyl (C=O) groups is 1. The Morgan fingerprint density at radius 1 is 1.33 bits per heavy atom. The predicted molar refractivity (Wildman–Crippen MR) is 69.5 cm³/mol. The molecule has 12 heteroatoms. The minimum atomic E-state index is -4.39. The van der Waals surface area contributed by atoms with Gasteiger partial charge in [0.25, 0.3) is 0 Å². The Bertz CT molecular complexity index is 530. The van der Waals surface area contributed by atoms with Gasteiger partial charge in [0, 0.05) is 0 Å². The summed E-state index contributed by atoms with van der Waals surface area (Å²) in [4.78, 5) is 10.5. The molecule has 2 atom stereocenters. The molecule has 0 bridgehead atoms. The number of nitrogens with zero attached hydrogens (tertiary/aromatic N) is 2. The van der Waals surface area contributed by atoms with Gasteiger partial charge >= 0.3 is 18.3 Å². The number of ether oxygens (including phenoxy) is 3. The number of hydrogen-bond donors (Lipinski definition) is 2. The molecule has 1 saturated heterocycles. The molecule has 136 valence electrons. The van der Waals surface area contributed by atoms with Gasteiger partial charge in [0.15, 0.2) is 0 Å². The first-order valence-electron chi connectivity index (χ1n) is 7.05. The first-order valence-corrected chi connectivity index (χ1v) is 7.05. The van der Waals surface area contributed by atoms with E-state index >= 15 is 0 Å². The summed E-state index contributed by atoms with van der Waals surface area (Å²) >= 11 is 0. The van der Waals surface area contributed by atoms with Crippen molar-refractivity contribution in [1.29, 1.82) is 0 Å². The quantitative estimate of drug-likeness (QED) is 0.707. The fraction of sp³-hybridized carbons (Fsp3) is 0.750. The van der Waals surface area contributed by atoms with Crippen LogP contribution < -0.4 is 10.1 Å². The highest BCUT2D eigenvalue weighted by Crippen LogP contribution is 2.28. The van der Waals surface area contributed by atoms with Gasteiger partial charge in [-0.2, -0.15) is 13.2 Å². The molecular formula is C12H16F3N3O6. The third-order valence-electron chi connectivity index (χ3n) is 3.02. The zero-order valence-corrected chi connectivity index (χ0v) is 12.4. The molecule has 2 rings (SSSR count). The van der Waals surface area contributed by atoms with Gasteiger partial charge in [0.05, 0.1) is 19.3 Å². The zero-order chi connectivity index (χ0) is 17.6. The summed E-state index contributed by atoms with van der Waals surface area (Å²) in [6, 6.07) is -0.303. The summed E-state index contributed by atoms with van der Waals surface area (Å²) < 4.78 is 55.6. The van der Waals surface area contributed by atoms with Gasteiger partial charge in [-0.3, -0.25) is 0 Å². The molecular weight excluding hydrogens is 339 g/mol. The lowest BCUT2D eigenvalue weighted by atomic mass is 10.1. The van der Waals surface area contributed by atoms with Crippen molar-refractivity contribution in [2.24, 2.45) is 0 Å². The fourth-order valence-electron chi connectivity index (χ4n) is 2.02. The molecule has 1 fully saturated rings. The van der Waals surface area contributed by atoms with Crippen LogP contribution in [0.1, 0.15) is 24.8 Å². The van der Waals surface area contributed by atoms with Crippen molar-refractivity contribution in [1.82, 2.24) is 15.5 Å². The van der Waals surface area contributed by atoms with E-state index in [0.29, 0.717) is 12.8 Å². The maximum absolute atomic E-state index is 11.9. The molecule has 0 saturated carbocycles. The first kappa shape index (κ1) is 18.3. The molecule has 2 N–H and O–H groups in total. The van der Waals surface area contributed by atoms with Crippen LogP contribution in [0.2, 0.25) is 0 Å². The highest BCUT2D eigenvalue weighted by atomic mass is 19.4. The van der Waals surface area contributed by atoms with Crippen molar-refractivity contribution in [3.8, 4) is 6.08 Å². The number of aromatic nitrogens is 2. The number of nitrogens with one attached hydrogen (secondary N) is 1. The second-order valence-corrected chi connectivity index (χ2v) is 4.97. The molecule has 0 spiro atoms. The van der Waals surface area contributed by atoms with Gasteiger partial charge in [-0.05, 0) is 12.8 Å². The lowest BCUT2D eigenvalue weighted by Gasteiger charge is -2.26. The SMILES string of the molecule is O=C(O)N[C@@H]1CC[C@@H](c2nnc(OCCOCC(F)(F)F)o2)OC1. The normalized spacial score (nSPS) is 21.5. The Kier molecular flexibility index (Phi) is 6.20. The largest absolute Gasteiger partial charge is 0.465 e. The standard InChI is InChI=1S/C12H16F3N3O6/c13-12(14,15)6-21-3-4-22-11-18-17-9(24-11)8-2-1-7(5-23-8)16-10(19)20/h7-8,16H,1-6H2,(H,19,20)/t7-,8+/m1/s1. The van der Waals surface area contributed by atoms with Crippen LogP contribution in [0.15, 0.2) is 4.42 Å². The molecule has 1 aromatic rings. The summed E-state index contributed by atoms with van der Waals surface area (Å²) in [5, 5.41) is 18.3. The topological polar surface area (TPSA) is 116 Å². The Morgan fingerprint density at radius 2 is 2.12 bits per heavy atom. The van der Waals surface area contributed by atoms with E-state index in [9.17, 15) is 18.0 Å². The van der Waals surface area contributed by atoms with Gasteiger partial charge in [-0.15, -0.1) is 5.10 Å². The summed E-state index contributed by atoms with van der Waals surface area (Å²) in [5.41, 5.74) is 0. The Hall–Kier alpha value is -2.08. The van der Waals surface area contributed by atoms with Crippen LogP contribution >= 0.6 is 0 Å². The van der Waals surface area contributed by atoms with E-state index in [4.69, 9.17) is 19.0 Å². The van der Waals surface area contributed by atoms with Crippen LogP contribution in [0, 0.1) is 0 Å². The molecule has 0 aromatic carbocycles. The molecule has 1 aliphatic heterocycles. The van der Waals surface area contributed by atoms with E-state index < -0.39 is 25.0 Å². The van der Waals surface area contributed by atoms with E-state index in [-0.39, 0.29) is 37.8 Å². The average Bonchev–Trinajstić information content (AvgIpc) is 2.95. The van der Waals surface area contributed by atoms with E-state index in [1.54, 1.807) is 0 Å². The minimum absolute atomic E-state index is 0.162. The van der Waals surface area contributed by atoms with Crippen molar-refractivity contribution < 1.29 is 41.7 Å². The molecule has 0 unspecified atom stereocenters.